The van der Waals surface area contributed by atoms with Crippen molar-refractivity contribution in [1.82, 2.24) is 0 Å². The molecule has 2 aromatic carbocycles. The van der Waals surface area contributed by atoms with E-state index >= 15 is 0 Å². The maximum absolute atomic E-state index is 10.0. The van der Waals surface area contributed by atoms with E-state index in [1.807, 2.05) is 12.1 Å². The molecule has 1 aliphatic heterocycles. The van der Waals surface area contributed by atoms with Crippen LogP contribution in [0.4, 0.5) is 0 Å². The molecule has 1 heterocycles. The lowest BCUT2D eigenvalue weighted by Crippen LogP contribution is -3.27. The molecule has 0 atom stereocenters. The molecule has 0 unspecified atom stereocenters. The first-order valence-corrected chi connectivity index (χ1v) is 10.4. The molecule has 0 saturated carbocycles. The first-order valence-electron chi connectivity index (χ1n) is 8.41. The third kappa shape index (κ3) is 4.76. The number of phenols is 1. The number of piperazine rings is 1. The molecule has 0 bridgehead atoms. The summed E-state index contributed by atoms with van der Waals surface area (Å²) in [7, 11) is 0. The summed E-state index contributed by atoms with van der Waals surface area (Å²) in [5.41, 5.74) is 2.46. The van der Waals surface area contributed by atoms with Crippen molar-refractivity contribution < 1.29 is 14.9 Å². The average Bonchev–Trinajstić information content (AvgIpc) is 2.60. The van der Waals surface area contributed by atoms with E-state index in [1.165, 1.54) is 23.5 Å². The average molecular weight is 409 g/mol. The minimum Gasteiger partial charge on any atom is -0.507 e. The molecule has 1 aliphatic rings. The van der Waals surface area contributed by atoms with Crippen LogP contribution >= 0.6 is 27.7 Å². The van der Waals surface area contributed by atoms with E-state index in [0.717, 1.165) is 36.2 Å². The van der Waals surface area contributed by atoms with Gasteiger partial charge in [0, 0.05) is 20.5 Å². The fourth-order valence-corrected chi connectivity index (χ4v) is 4.12. The molecule has 3 rings (SSSR count). The number of phenolic OH excluding ortho intramolecular Hbond substituents is 1. The van der Waals surface area contributed by atoms with E-state index < -0.39 is 0 Å². The zero-order chi connectivity index (χ0) is 16.9. The van der Waals surface area contributed by atoms with E-state index in [4.69, 9.17) is 0 Å². The summed E-state index contributed by atoms with van der Waals surface area (Å²) in [6.45, 7) is 6.71. The Morgan fingerprint density at radius 1 is 0.958 bits per heavy atom. The van der Waals surface area contributed by atoms with E-state index in [1.54, 1.807) is 27.6 Å². The maximum Gasteiger partial charge on any atom is 0.127 e. The third-order valence-electron chi connectivity index (χ3n) is 4.76. The van der Waals surface area contributed by atoms with E-state index in [9.17, 15) is 5.11 Å². The van der Waals surface area contributed by atoms with Gasteiger partial charge in [0.25, 0.3) is 0 Å². The Labute approximate surface area is 156 Å². The van der Waals surface area contributed by atoms with Gasteiger partial charge in [-0.3, -0.25) is 0 Å². The summed E-state index contributed by atoms with van der Waals surface area (Å²) in [6, 6.07) is 14.7. The zero-order valence-corrected chi connectivity index (χ0v) is 16.4. The van der Waals surface area contributed by atoms with Gasteiger partial charge < -0.3 is 14.9 Å². The Balaban J connectivity index is 1.51. The van der Waals surface area contributed by atoms with Crippen LogP contribution in [0.3, 0.4) is 0 Å². The monoisotopic (exact) mass is 408 g/mol. The van der Waals surface area contributed by atoms with Gasteiger partial charge in [-0.05, 0) is 36.6 Å². The van der Waals surface area contributed by atoms with Crippen molar-refractivity contribution >= 4 is 27.7 Å². The normalized spacial score (nSPS) is 20.9. The first kappa shape index (κ1) is 17.8. The number of thioether (sulfide) groups is 1. The van der Waals surface area contributed by atoms with Crippen molar-refractivity contribution in [3.05, 3.63) is 58.1 Å². The summed E-state index contributed by atoms with van der Waals surface area (Å²) >= 11 is 5.28. The van der Waals surface area contributed by atoms with Crippen LogP contribution < -0.4 is 9.80 Å². The van der Waals surface area contributed by atoms with Gasteiger partial charge in [0.2, 0.25) is 0 Å². The Bertz CT molecular complexity index is 670. The lowest BCUT2D eigenvalue weighted by molar-refractivity contribution is -1.02. The predicted molar refractivity (Wildman–Crippen MR) is 103 cm³/mol. The highest BCUT2D eigenvalue weighted by atomic mass is 79.9. The molecule has 24 heavy (non-hydrogen) atoms. The molecule has 1 fully saturated rings. The number of hydrogen-bond acceptors (Lipinski definition) is 2. The molecule has 1 saturated heterocycles. The van der Waals surface area contributed by atoms with Crippen LogP contribution in [0.25, 0.3) is 0 Å². The summed E-state index contributed by atoms with van der Waals surface area (Å²) < 4.78 is 1.03. The van der Waals surface area contributed by atoms with Crippen LogP contribution in [0.5, 0.6) is 5.75 Å². The van der Waals surface area contributed by atoms with Crippen molar-refractivity contribution in [2.45, 2.75) is 18.0 Å². The van der Waals surface area contributed by atoms with Gasteiger partial charge in [0.1, 0.15) is 45.0 Å². The van der Waals surface area contributed by atoms with Gasteiger partial charge in [0.15, 0.2) is 0 Å². The topological polar surface area (TPSA) is 29.1 Å². The van der Waals surface area contributed by atoms with Crippen molar-refractivity contribution in [2.75, 3.05) is 32.4 Å². The molecule has 2 aromatic rings. The quantitative estimate of drug-likeness (QED) is 0.652. The Morgan fingerprint density at radius 2 is 1.58 bits per heavy atom. The fraction of sp³-hybridized carbons (Fsp3) is 0.368. The van der Waals surface area contributed by atoms with Gasteiger partial charge in [-0.2, -0.15) is 0 Å². The minimum atomic E-state index is 0.411. The molecule has 0 radical (unpaired) electrons. The summed E-state index contributed by atoms with van der Waals surface area (Å²) in [5, 5.41) is 10.0. The molecular weight excluding hydrogens is 384 g/mol. The lowest BCUT2D eigenvalue weighted by atomic mass is 10.1. The molecule has 128 valence electrons. The minimum absolute atomic E-state index is 0.411. The third-order valence-corrected chi connectivity index (χ3v) is 6.00. The highest BCUT2D eigenvalue weighted by Gasteiger charge is 2.23. The second-order valence-electron chi connectivity index (χ2n) is 6.47. The highest BCUT2D eigenvalue weighted by Crippen LogP contribution is 2.20. The number of benzene rings is 2. The number of hydrogen-bond donors (Lipinski definition) is 3. The summed E-state index contributed by atoms with van der Waals surface area (Å²) in [4.78, 5) is 4.55. The molecule has 0 spiro atoms. The fourth-order valence-electron chi connectivity index (χ4n) is 3.31. The van der Waals surface area contributed by atoms with Crippen molar-refractivity contribution in [1.29, 1.82) is 0 Å². The van der Waals surface area contributed by atoms with E-state index in [2.05, 4.69) is 46.5 Å². The maximum atomic E-state index is 10.0. The van der Waals surface area contributed by atoms with E-state index in [-0.39, 0.29) is 0 Å². The molecular formula is C19H25BrN2OS+2. The van der Waals surface area contributed by atoms with Crippen LogP contribution in [-0.2, 0) is 13.1 Å². The van der Waals surface area contributed by atoms with Crippen molar-refractivity contribution in [3.8, 4) is 5.75 Å². The molecule has 0 aromatic heterocycles. The van der Waals surface area contributed by atoms with Crippen molar-refractivity contribution in [2.24, 2.45) is 0 Å². The summed E-state index contributed by atoms with van der Waals surface area (Å²) in [5.74, 6) is 0.411. The van der Waals surface area contributed by atoms with Crippen LogP contribution in [0.1, 0.15) is 11.1 Å². The zero-order valence-electron chi connectivity index (χ0n) is 14.0. The lowest BCUT2D eigenvalue weighted by Gasteiger charge is -2.30. The SMILES string of the molecule is CSc1ccc(C[NH+]2CC[NH+](Cc3cc(Br)ccc3O)CC2)cc1. The smallest absolute Gasteiger partial charge is 0.127 e. The number of quaternary nitrogens is 2. The second kappa shape index (κ2) is 8.39. The Morgan fingerprint density at radius 3 is 2.21 bits per heavy atom. The molecule has 5 heteroatoms. The van der Waals surface area contributed by atoms with Crippen molar-refractivity contribution in [3.63, 3.8) is 0 Å². The number of aromatic hydroxyl groups is 1. The van der Waals surface area contributed by atoms with Crippen LogP contribution in [0.15, 0.2) is 51.8 Å². The second-order valence-corrected chi connectivity index (χ2v) is 8.27. The standard InChI is InChI=1S/C19H23BrN2OS/c1-24-18-5-2-15(3-6-18)13-21-8-10-22(11-9-21)14-16-12-17(20)4-7-19(16)23/h2-7,12,23H,8-11,13-14H2,1H3/p+2. The predicted octanol–water partition coefficient (Wildman–Crippen LogP) is 1.36. The van der Waals surface area contributed by atoms with Crippen LogP contribution in [0, 0.1) is 0 Å². The van der Waals surface area contributed by atoms with Crippen LogP contribution in [-0.4, -0.2) is 37.5 Å². The molecule has 0 amide bonds. The Kier molecular flexibility index (Phi) is 6.22. The first-order chi connectivity index (χ1) is 11.6. The van der Waals surface area contributed by atoms with Gasteiger partial charge in [-0.15, -0.1) is 11.8 Å². The highest BCUT2D eigenvalue weighted by molar-refractivity contribution is 9.10. The largest absolute Gasteiger partial charge is 0.507 e. The summed E-state index contributed by atoms with van der Waals surface area (Å²) in [6.07, 6.45) is 2.12. The van der Waals surface area contributed by atoms with Crippen LogP contribution in [0.2, 0.25) is 0 Å². The van der Waals surface area contributed by atoms with Gasteiger partial charge in [-0.25, -0.2) is 0 Å². The molecule has 3 nitrogen and oxygen atoms in total. The van der Waals surface area contributed by atoms with Gasteiger partial charge in [0.05, 0.1) is 0 Å². The Hall–Kier alpha value is -1.01. The van der Waals surface area contributed by atoms with E-state index in [0.29, 0.717) is 5.75 Å². The molecule has 0 aliphatic carbocycles. The number of rotatable bonds is 5. The molecule has 3 N–H and O–H groups in total. The number of nitrogens with one attached hydrogen (secondary N) is 2. The van der Waals surface area contributed by atoms with Gasteiger partial charge in [-0.1, -0.05) is 28.1 Å². The number of halogens is 1. The van der Waals surface area contributed by atoms with Gasteiger partial charge >= 0.3 is 0 Å².